The van der Waals surface area contributed by atoms with Crippen molar-refractivity contribution in [2.24, 2.45) is 10.9 Å². The van der Waals surface area contributed by atoms with Gasteiger partial charge in [0.15, 0.2) is 0 Å². The van der Waals surface area contributed by atoms with Gasteiger partial charge in [-0.05, 0) is 46.0 Å². The fourth-order valence-corrected chi connectivity index (χ4v) is 4.87. The molecule has 0 unspecified atom stereocenters. The van der Waals surface area contributed by atoms with E-state index in [1.54, 1.807) is 23.1 Å². The number of hydrogen-bond donors (Lipinski definition) is 2. The zero-order valence-electron chi connectivity index (χ0n) is 16.1. The third-order valence-corrected chi connectivity index (χ3v) is 6.31. The van der Waals surface area contributed by atoms with Crippen LogP contribution in [0.3, 0.4) is 0 Å². The van der Waals surface area contributed by atoms with Crippen LogP contribution in [0.4, 0.5) is 0 Å². The van der Waals surface area contributed by atoms with E-state index >= 15 is 0 Å². The molecule has 7 nitrogen and oxygen atoms in total. The van der Waals surface area contributed by atoms with E-state index in [4.69, 9.17) is 5.84 Å². The zero-order chi connectivity index (χ0) is 21.3. The lowest BCUT2D eigenvalue weighted by atomic mass is 9.92. The highest BCUT2D eigenvalue weighted by atomic mass is 32.2. The first-order chi connectivity index (χ1) is 14.4. The van der Waals surface area contributed by atoms with Crippen molar-refractivity contribution in [2.45, 2.75) is 23.8 Å². The van der Waals surface area contributed by atoms with Crippen molar-refractivity contribution in [1.82, 2.24) is 4.90 Å². The average molecular weight is 423 g/mol. The largest absolute Gasteiger partial charge is 0.338 e. The molecule has 1 aliphatic heterocycles. The smallest absolute Gasteiger partial charge is 0.294 e. The summed E-state index contributed by atoms with van der Waals surface area (Å²) in [5, 5.41) is 5.00. The Bertz CT molecular complexity index is 1250. The molecule has 0 radical (unpaired) electrons. The summed E-state index contributed by atoms with van der Waals surface area (Å²) in [7, 11) is -4.47. The lowest BCUT2D eigenvalue weighted by molar-refractivity contribution is -0.129. The molecule has 0 spiro atoms. The topological polar surface area (TPSA) is 113 Å². The number of amides is 1. The van der Waals surface area contributed by atoms with E-state index in [2.05, 4.69) is 5.10 Å². The molecule has 30 heavy (non-hydrogen) atoms. The number of fused-ring (bicyclic) bond motifs is 1. The fraction of sp³-hybridized carbons (Fsp3) is 0.182. The number of benzene rings is 3. The average Bonchev–Trinajstić information content (AvgIpc) is 3.07. The molecule has 1 aliphatic rings. The first-order valence-electron chi connectivity index (χ1n) is 9.48. The van der Waals surface area contributed by atoms with Gasteiger partial charge in [0.25, 0.3) is 10.1 Å². The Balaban J connectivity index is 1.71. The summed E-state index contributed by atoms with van der Waals surface area (Å²) in [6, 6.07) is 17.8. The van der Waals surface area contributed by atoms with E-state index in [9.17, 15) is 17.8 Å². The van der Waals surface area contributed by atoms with Crippen molar-refractivity contribution < 1.29 is 17.8 Å². The number of carbonyl (C=O) groups excluding carboxylic acids is 1. The number of hydrazone groups is 1. The minimum Gasteiger partial charge on any atom is -0.338 e. The predicted octanol–water partition coefficient (Wildman–Crippen LogP) is 2.90. The van der Waals surface area contributed by atoms with Gasteiger partial charge in [0.2, 0.25) is 5.91 Å². The van der Waals surface area contributed by atoms with Gasteiger partial charge in [-0.2, -0.15) is 13.5 Å². The summed E-state index contributed by atoms with van der Waals surface area (Å²) in [6.07, 6.45) is 2.01. The second-order valence-corrected chi connectivity index (χ2v) is 8.69. The van der Waals surface area contributed by atoms with Crippen LogP contribution in [0.15, 0.2) is 70.7 Å². The van der Waals surface area contributed by atoms with Crippen molar-refractivity contribution in [3.05, 3.63) is 77.4 Å². The molecule has 4 rings (SSSR count). The molecule has 0 saturated carbocycles. The summed E-state index contributed by atoms with van der Waals surface area (Å²) >= 11 is 0. The molecule has 0 bridgehead atoms. The van der Waals surface area contributed by atoms with Gasteiger partial charge >= 0.3 is 0 Å². The molecule has 3 aromatic rings. The van der Waals surface area contributed by atoms with Crippen LogP contribution in [0, 0.1) is 0 Å². The van der Waals surface area contributed by atoms with Crippen LogP contribution in [0.1, 0.15) is 29.0 Å². The maximum absolute atomic E-state index is 13.2. The molecule has 0 aromatic heterocycles. The number of nitrogens with zero attached hydrogens (tertiary/aromatic N) is 2. The number of hydrogen-bond acceptors (Lipinski definition) is 5. The summed E-state index contributed by atoms with van der Waals surface area (Å²) in [4.78, 5) is 14.7. The van der Waals surface area contributed by atoms with Crippen LogP contribution in [0.2, 0.25) is 0 Å². The highest BCUT2D eigenvalue weighted by Gasteiger charge is 2.37. The molecular formula is C22H21N3O4S. The highest BCUT2D eigenvalue weighted by Crippen LogP contribution is 2.38. The Labute approximate surface area is 174 Å². The second kappa shape index (κ2) is 7.89. The number of likely N-dealkylation sites (tertiary alicyclic amines) is 1. The summed E-state index contributed by atoms with van der Waals surface area (Å²) in [5.41, 5.74) is 2.13. The quantitative estimate of drug-likeness (QED) is 0.284. The number of nitrogens with two attached hydrogens (primary N) is 1. The van der Waals surface area contributed by atoms with E-state index in [0.29, 0.717) is 30.5 Å². The van der Waals surface area contributed by atoms with Gasteiger partial charge in [0.1, 0.15) is 0 Å². The molecule has 154 valence electrons. The molecule has 0 aliphatic carbocycles. The SMILES string of the molecule is NN=Cc1cccc(CN2CC[C@@H](c3c(S(=O)(=O)O)ccc4ccccc34)C2=O)c1. The van der Waals surface area contributed by atoms with Crippen molar-refractivity contribution >= 4 is 33.0 Å². The van der Waals surface area contributed by atoms with Gasteiger partial charge < -0.3 is 10.7 Å². The summed E-state index contributed by atoms with van der Waals surface area (Å²) in [6.45, 7) is 0.889. The highest BCUT2D eigenvalue weighted by molar-refractivity contribution is 7.85. The lowest BCUT2D eigenvalue weighted by Crippen LogP contribution is -2.27. The molecule has 1 amide bonds. The minimum absolute atomic E-state index is 0.158. The Morgan fingerprint density at radius 3 is 2.70 bits per heavy atom. The Kier molecular flexibility index (Phi) is 5.27. The summed E-state index contributed by atoms with van der Waals surface area (Å²) in [5.74, 6) is 4.41. The number of carbonyl (C=O) groups is 1. The van der Waals surface area contributed by atoms with Crippen molar-refractivity contribution in [3.8, 4) is 0 Å². The van der Waals surface area contributed by atoms with E-state index in [1.165, 1.54) is 12.3 Å². The van der Waals surface area contributed by atoms with Crippen LogP contribution in [-0.4, -0.2) is 36.5 Å². The van der Waals surface area contributed by atoms with Gasteiger partial charge in [-0.15, -0.1) is 0 Å². The van der Waals surface area contributed by atoms with Crippen LogP contribution < -0.4 is 5.84 Å². The normalized spacial score (nSPS) is 17.3. The second-order valence-electron chi connectivity index (χ2n) is 7.30. The van der Waals surface area contributed by atoms with Gasteiger partial charge in [-0.3, -0.25) is 9.35 Å². The predicted molar refractivity (Wildman–Crippen MR) is 115 cm³/mol. The van der Waals surface area contributed by atoms with Crippen LogP contribution in [0.5, 0.6) is 0 Å². The first-order valence-corrected chi connectivity index (χ1v) is 10.9. The van der Waals surface area contributed by atoms with Crippen molar-refractivity contribution in [2.75, 3.05) is 6.54 Å². The molecule has 3 aromatic carbocycles. The van der Waals surface area contributed by atoms with Gasteiger partial charge in [0, 0.05) is 13.1 Å². The standard InChI is InChI=1S/C22H21N3O4S/c23-24-13-15-4-3-5-16(12-15)14-25-11-10-19(22(25)26)21-18-7-2-1-6-17(18)8-9-20(21)30(27,28)29/h1-9,12-13,19H,10-11,14,23H2,(H,27,28,29)/t19-/m0/s1. The molecule has 1 saturated heterocycles. The fourth-order valence-electron chi connectivity index (χ4n) is 4.10. The van der Waals surface area contributed by atoms with E-state index < -0.39 is 16.0 Å². The molecule has 3 N–H and O–H groups in total. The number of rotatable bonds is 5. The van der Waals surface area contributed by atoms with Crippen molar-refractivity contribution in [3.63, 3.8) is 0 Å². The maximum Gasteiger partial charge on any atom is 0.294 e. The summed E-state index contributed by atoms with van der Waals surface area (Å²) < 4.78 is 33.9. The Morgan fingerprint density at radius 2 is 1.93 bits per heavy atom. The molecular weight excluding hydrogens is 402 g/mol. The van der Waals surface area contributed by atoms with Crippen LogP contribution >= 0.6 is 0 Å². The third kappa shape index (κ3) is 3.79. The molecule has 1 atom stereocenters. The van der Waals surface area contributed by atoms with E-state index in [1.807, 2.05) is 36.4 Å². The minimum atomic E-state index is -4.47. The van der Waals surface area contributed by atoms with E-state index in [-0.39, 0.29) is 10.8 Å². The molecule has 1 heterocycles. The Hall–Kier alpha value is -3.23. The monoisotopic (exact) mass is 423 g/mol. The lowest BCUT2D eigenvalue weighted by Gasteiger charge is -2.19. The Morgan fingerprint density at radius 1 is 1.13 bits per heavy atom. The molecule has 1 fully saturated rings. The van der Waals surface area contributed by atoms with Crippen LogP contribution in [0.25, 0.3) is 10.8 Å². The van der Waals surface area contributed by atoms with Gasteiger partial charge in [-0.1, -0.05) is 48.5 Å². The van der Waals surface area contributed by atoms with Gasteiger partial charge in [0.05, 0.1) is 17.0 Å². The van der Waals surface area contributed by atoms with Crippen molar-refractivity contribution in [1.29, 1.82) is 0 Å². The maximum atomic E-state index is 13.2. The van der Waals surface area contributed by atoms with Gasteiger partial charge in [-0.25, -0.2) is 0 Å². The van der Waals surface area contributed by atoms with Crippen LogP contribution in [-0.2, 0) is 21.5 Å². The first kappa shape index (κ1) is 20.1. The third-order valence-electron chi connectivity index (χ3n) is 5.40. The molecule has 8 heteroatoms. The van der Waals surface area contributed by atoms with E-state index in [0.717, 1.165) is 16.5 Å². The zero-order valence-corrected chi connectivity index (χ0v) is 16.9.